The van der Waals surface area contributed by atoms with Crippen LogP contribution in [0.5, 0.6) is 0 Å². The van der Waals surface area contributed by atoms with Crippen molar-refractivity contribution in [2.24, 2.45) is 5.92 Å². The maximum Gasteiger partial charge on any atom is 0.251 e. The van der Waals surface area contributed by atoms with Crippen LogP contribution in [-0.4, -0.2) is 57.8 Å². The zero-order valence-electron chi connectivity index (χ0n) is 18.0. The second-order valence-electron chi connectivity index (χ2n) is 7.77. The van der Waals surface area contributed by atoms with Crippen molar-refractivity contribution in [3.63, 3.8) is 0 Å². The molecule has 0 spiro atoms. The molecule has 0 saturated carbocycles. The van der Waals surface area contributed by atoms with Crippen molar-refractivity contribution in [1.29, 1.82) is 0 Å². The van der Waals surface area contributed by atoms with Crippen LogP contribution in [0.15, 0.2) is 37.1 Å². The van der Waals surface area contributed by atoms with Crippen molar-refractivity contribution in [1.82, 2.24) is 25.6 Å². The third-order valence-electron chi connectivity index (χ3n) is 5.25. The molecule has 3 rings (SSSR count). The van der Waals surface area contributed by atoms with E-state index in [0.29, 0.717) is 17.9 Å². The number of pyridine rings is 1. The van der Waals surface area contributed by atoms with Crippen molar-refractivity contribution >= 4 is 29.2 Å². The van der Waals surface area contributed by atoms with Crippen LogP contribution in [0, 0.1) is 5.92 Å². The molecule has 10 heteroatoms. The molecule has 1 aliphatic heterocycles. The predicted molar refractivity (Wildman–Crippen MR) is 115 cm³/mol. The first kappa shape index (κ1) is 22.3. The molecule has 0 radical (unpaired) electrons. The van der Waals surface area contributed by atoms with E-state index in [1.54, 1.807) is 26.2 Å². The van der Waals surface area contributed by atoms with Crippen LogP contribution in [0.2, 0.25) is 0 Å². The molecule has 0 saturated heterocycles. The van der Waals surface area contributed by atoms with Gasteiger partial charge >= 0.3 is 0 Å². The maximum atomic E-state index is 13.6. The zero-order valence-corrected chi connectivity index (χ0v) is 18.0. The second kappa shape index (κ2) is 9.61. The van der Waals surface area contributed by atoms with E-state index in [0.717, 1.165) is 5.56 Å². The molecule has 2 unspecified atom stereocenters. The van der Waals surface area contributed by atoms with Crippen LogP contribution in [0.1, 0.15) is 26.3 Å². The Morgan fingerprint density at radius 3 is 2.52 bits per heavy atom. The largest absolute Gasteiger partial charge is 0.343 e. The fourth-order valence-corrected chi connectivity index (χ4v) is 3.38. The van der Waals surface area contributed by atoms with Crippen LogP contribution < -0.4 is 20.9 Å². The molecule has 2 aromatic rings. The summed E-state index contributed by atoms with van der Waals surface area (Å²) in [5.41, 5.74) is 1.22. The number of fused-ring (bicyclic) bond motifs is 1. The lowest BCUT2D eigenvalue weighted by Crippen LogP contribution is -2.57. The molecule has 10 nitrogen and oxygen atoms in total. The summed E-state index contributed by atoms with van der Waals surface area (Å²) >= 11 is 0. The highest BCUT2D eigenvalue weighted by Gasteiger charge is 2.43. The minimum Gasteiger partial charge on any atom is -0.343 e. The monoisotopic (exact) mass is 425 g/mol. The first-order valence-corrected chi connectivity index (χ1v) is 10.1. The Bertz CT molecular complexity index is 951. The third-order valence-corrected chi connectivity index (χ3v) is 5.25. The van der Waals surface area contributed by atoms with Gasteiger partial charge in [-0.1, -0.05) is 19.9 Å². The van der Waals surface area contributed by atoms with Gasteiger partial charge in [-0.05, 0) is 31.5 Å². The Morgan fingerprint density at radius 1 is 1.16 bits per heavy atom. The molecule has 0 aliphatic carbocycles. The number of aromatic nitrogens is 3. The van der Waals surface area contributed by atoms with E-state index in [-0.39, 0.29) is 23.6 Å². The lowest BCUT2D eigenvalue weighted by Gasteiger charge is -2.31. The molecule has 3 N–H and O–H groups in total. The van der Waals surface area contributed by atoms with E-state index in [4.69, 9.17) is 0 Å². The number of likely N-dealkylation sites (N-methyl/N-ethyl adjacent to an activating group) is 1. The summed E-state index contributed by atoms with van der Waals surface area (Å²) in [7, 11) is 1.67. The van der Waals surface area contributed by atoms with Gasteiger partial charge in [0.05, 0.1) is 24.1 Å². The Labute approximate surface area is 180 Å². The normalized spacial score (nSPS) is 17.1. The fourth-order valence-electron chi connectivity index (χ4n) is 3.38. The average Bonchev–Trinajstić information content (AvgIpc) is 3.16. The molecule has 3 atom stereocenters. The summed E-state index contributed by atoms with van der Waals surface area (Å²) in [6, 6.07) is 1.52. The van der Waals surface area contributed by atoms with Crippen molar-refractivity contribution < 1.29 is 14.4 Å². The van der Waals surface area contributed by atoms with Gasteiger partial charge in [0, 0.05) is 12.6 Å². The van der Waals surface area contributed by atoms with Gasteiger partial charge in [-0.2, -0.15) is 0 Å². The number of hydrogen-bond acceptors (Lipinski definition) is 7. The Kier molecular flexibility index (Phi) is 6.91. The SMILES string of the molecule is CN[C@@H](C)C(=O)NC(C(=O)N1c2ncccc2CC1C(=O)Nc1cncnc1)C(C)C. The fraction of sp³-hybridized carbons (Fsp3) is 0.429. The van der Waals surface area contributed by atoms with E-state index in [1.807, 2.05) is 19.9 Å². The van der Waals surface area contributed by atoms with Gasteiger partial charge in [-0.15, -0.1) is 0 Å². The van der Waals surface area contributed by atoms with Gasteiger partial charge in [0.2, 0.25) is 11.8 Å². The summed E-state index contributed by atoms with van der Waals surface area (Å²) in [6.45, 7) is 5.40. The standard InChI is InChI=1S/C21H27N7O3/c1-12(2)17(27-19(29)13(3)22-4)21(31)28-16(8-14-6-5-7-25-18(14)28)20(30)26-15-9-23-11-24-10-15/h5-7,9-13,16-17,22H,8H2,1-4H3,(H,26,30)(H,27,29)/t13-,16?,17?/m0/s1. The first-order chi connectivity index (χ1) is 14.8. The van der Waals surface area contributed by atoms with E-state index in [9.17, 15) is 14.4 Å². The topological polar surface area (TPSA) is 129 Å². The van der Waals surface area contributed by atoms with Crippen molar-refractivity contribution in [2.75, 3.05) is 17.3 Å². The minimum absolute atomic E-state index is 0.195. The molecule has 0 aromatic carbocycles. The van der Waals surface area contributed by atoms with Crippen LogP contribution in [0.4, 0.5) is 11.5 Å². The number of rotatable bonds is 7. The van der Waals surface area contributed by atoms with Gasteiger partial charge in [0.1, 0.15) is 24.2 Å². The van der Waals surface area contributed by atoms with Gasteiger partial charge < -0.3 is 16.0 Å². The number of nitrogens with zero attached hydrogens (tertiary/aromatic N) is 4. The number of hydrogen-bond donors (Lipinski definition) is 3. The van der Waals surface area contributed by atoms with Crippen LogP contribution in [-0.2, 0) is 20.8 Å². The lowest BCUT2D eigenvalue weighted by molar-refractivity contribution is -0.130. The highest BCUT2D eigenvalue weighted by Crippen LogP contribution is 2.31. The molecule has 31 heavy (non-hydrogen) atoms. The number of carbonyl (C=O) groups is 3. The summed E-state index contributed by atoms with van der Waals surface area (Å²) in [5.74, 6) is -0.817. The van der Waals surface area contributed by atoms with Crippen LogP contribution >= 0.6 is 0 Å². The van der Waals surface area contributed by atoms with Crippen molar-refractivity contribution in [3.05, 3.63) is 42.6 Å². The number of carbonyl (C=O) groups excluding carboxylic acids is 3. The molecule has 3 amide bonds. The van der Waals surface area contributed by atoms with E-state index in [1.165, 1.54) is 23.6 Å². The average molecular weight is 425 g/mol. The molecule has 0 bridgehead atoms. The molecular weight excluding hydrogens is 398 g/mol. The minimum atomic E-state index is -0.813. The summed E-state index contributed by atoms with van der Waals surface area (Å²) in [5, 5.41) is 8.43. The highest BCUT2D eigenvalue weighted by atomic mass is 16.2. The summed E-state index contributed by atoms with van der Waals surface area (Å²) < 4.78 is 0. The van der Waals surface area contributed by atoms with Crippen molar-refractivity contribution in [2.45, 2.75) is 45.3 Å². The molecule has 2 aromatic heterocycles. The third kappa shape index (κ3) is 4.85. The smallest absolute Gasteiger partial charge is 0.251 e. The zero-order chi connectivity index (χ0) is 22.5. The Morgan fingerprint density at radius 2 is 1.87 bits per heavy atom. The lowest BCUT2D eigenvalue weighted by atomic mass is 10.0. The van der Waals surface area contributed by atoms with Gasteiger partial charge in [-0.3, -0.25) is 19.3 Å². The van der Waals surface area contributed by atoms with Gasteiger partial charge in [-0.25, -0.2) is 15.0 Å². The van der Waals surface area contributed by atoms with E-state index >= 15 is 0 Å². The predicted octanol–water partition coefficient (Wildman–Crippen LogP) is 0.517. The second-order valence-corrected chi connectivity index (χ2v) is 7.77. The number of nitrogens with one attached hydrogen (secondary N) is 3. The van der Waals surface area contributed by atoms with E-state index in [2.05, 4.69) is 30.9 Å². The molecule has 3 heterocycles. The first-order valence-electron chi connectivity index (χ1n) is 10.1. The quantitative estimate of drug-likeness (QED) is 0.590. The van der Waals surface area contributed by atoms with Gasteiger partial charge in [0.15, 0.2) is 0 Å². The molecule has 164 valence electrons. The summed E-state index contributed by atoms with van der Waals surface area (Å²) in [6.07, 6.45) is 6.22. The van der Waals surface area contributed by atoms with Crippen molar-refractivity contribution in [3.8, 4) is 0 Å². The molecule has 0 fully saturated rings. The van der Waals surface area contributed by atoms with Gasteiger partial charge in [0.25, 0.3) is 5.91 Å². The molecular formula is C21H27N7O3. The Hall–Kier alpha value is -3.40. The highest BCUT2D eigenvalue weighted by molar-refractivity contribution is 6.09. The van der Waals surface area contributed by atoms with E-state index < -0.39 is 18.1 Å². The van der Waals surface area contributed by atoms with Crippen LogP contribution in [0.3, 0.4) is 0 Å². The van der Waals surface area contributed by atoms with Crippen LogP contribution in [0.25, 0.3) is 0 Å². The Balaban J connectivity index is 1.90. The number of amides is 3. The summed E-state index contributed by atoms with van der Waals surface area (Å²) in [4.78, 5) is 52.7. The maximum absolute atomic E-state index is 13.6. The molecule has 1 aliphatic rings. The number of anilines is 2.